The molecule has 0 fully saturated rings. The molecule has 0 bridgehead atoms. The summed E-state index contributed by atoms with van der Waals surface area (Å²) in [6.45, 7) is 5.48. The highest BCUT2D eigenvalue weighted by Crippen LogP contribution is 2.27. The molecule has 0 aliphatic rings. The number of benzene rings is 2. The van der Waals surface area contributed by atoms with E-state index in [4.69, 9.17) is 0 Å². The molecule has 0 aliphatic carbocycles. The van der Waals surface area contributed by atoms with E-state index >= 15 is 0 Å². The maximum absolute atomic E-state index is 12.2. The molecule has 3 N–H and O–H groups in total. The molecule has 0 aromatic heterocycles. The first-order valence-electron chi connectivity index (χ1n) is 7.07. The predicted molar refractivity (Wildman–Crippen MR) is 86.7 cm³/mol. The first-order chi connectivity index (χ1) is 11.3. The van der Waals surface area contributed by atoms with Crippen LogP contribution in [0.1, 0.15) is 17.4 Å². The van der Waals surface area contributed by atoms with Gasteiger partial charge < -0.3 is 20.5 Å². The molecular weight excluding hydrogens is 321 g/mol. The van der Waals surface area contributed by atoms with Gasteiger partial charge in [0.05, 0.1) is 0 Å². The summed E-state index contributed by atoms with van der Waals surface area (Å²) < 4.78 is 40.6. The summed E-state index contributed by atoms with van der Waals surface area (Å²) in [5, 5.41) is 15.9. The van der Waals surface area contributed by atoms with Crippen molar-refractivity contribution >= 4 is 11.4 Å². The SMILES string of the molecule is C=CNc1cc(C(O)Nc2cccc(OC(F)(F)F)c2)ccc1C. The van der Waals surface area contributed by atoms with Gasteiger partial charge in [0.15, 0.2) is 6.23 Å². The first-order valence-corrected chi connectivity index (χ1v) is 7.07. The minimum absolute atomic E-state index is 0.294. The Kier molecular flexibility index (Phi) is 5.35. The van der Waals surface area contributed by atoms with Gasteiger partial charge in [-0.15, -0.1) is 13.2 Å². The third-order valence-corrected chi connectivity index (χ3v) is 3.21. The number of anilines is 2. The van der Waals surface area contributed by atoms with Crippen molar-refractivity contribution in [3.63, 3.8) is 0 Å². The first kappa shape index (κ1) is 17.7. The van der Waals surface area contributed by atoms with Gasteiger partial charge in [-0.1, -0.05) is 24.8 Å². The molecule has 0 aliphatic heterocycles. The Morgan fingerprint density at radius 3 is 2.62 bits per heavy atom. The summed E-state index contributed by atoms with van der Waals surface area (Å²) >= 11 is 0. The third-order valence-electron chi connectivity index (χ3n) is 3.21. The van der Waals surface area contributed by atoms with Crippen molar-refractivity contribution in [3.8, 4) is 5.75 Å². The number of aliphatic hydroxyl groups excluding tert-OH is 1. The number of ether oxygens (including phenoxy) is 1. The molecule has 0 saturated carbocycles. The van der Waals surface area contributed by atoms with E-state index in [1.807, 2.05) is 13.0 Å². The van der Waals surface area contributed by atoms with Crippen molar-refractivity contribution < 1.29 is 23.0 Å². The summed E-state index contributed by atoms with van der Waals surface area (Å²) in [5.74, 6) is -0.363. The van der Waals surface area contributed by atoms with Crippen LogP contribution in [0.4, 0.5) is 24.5 Å². The topological polar surface area (TPSA) is 53.5 Å². The zero-order valence-electron chi connectivity index (χ0n) is 12.9. The Hall–Kier alpha value is -2.67. The molecule has 0 amide bonds. The van der Waals surface area contributed by atoms with Gasteiger partial charge in [0.25, 0.3) is 0 Å². The fourth-order valence-electron chi connectivity index (χ4n) is 2.10. The average molecular weight is 338 g/mol. The highest BCUT2D eigenvalue weighted by Gasteiger charge is 2.31. The van der Waals surface area contributed by atoms with Crippen molar-refractivity contribution in [1.29, 1.82) is 0 Å². The van der Waals surface area contributed by atoms with Crippen LogP contribution in [0.2, 0.25) is 0 Å². The van der Waals surface area contributed by atoms with Gasteiger partial charge >= 0.3 is 6.36 Å². The lowest BCUT2D eigenvalue weighted by Gasteiger charge is -2.17. The summed E-state index contributed by atoms with van der Waals surface area (Å²) in [4.78, 5) is 0. The van der Waals surface area contributed by atoms with Gasteiger partial charge in [-0.3, -0.25) is 0 Å². The number of aryl methyl sites for hydroxylation is 1. The molecule has 4 nitrogen and oxygen atoms in total. The van der Waals surface area contributed by atoms with E-state index in [1.54, 1.807) is 12.1 Å². The molecule has 2 rings (SSSR count). The quantitative estimate of drug-likeness (QED) is 0.676. The zero-order valence-corrected chi connectivity index (χ0v) is 12.9. The van der Waals surface area contributed by atoms with Gasteiger partial charge in [-0.05, 0) is 36.9 Å². The lowest BCUT2D eigenvalue weighted by atomic mass is 10.1. The Bertz CT molecular complexity index is 717. The average Bonchev–Trinajstić information content (AvgIpc) is 2.48. The lowest BCUT2D eigenvalue weighted by molar-refractivity contribution is -0.274. The molecule has 7 heteroatoms. The van der Waals surface area contributed by atoms with Crippen molar-refractivity contribution in [2.75, 3.05) is 10.6 Å². The summed E-state index contributed by atoms with van der Waals surface area (Å²) in [6.07, 6.45) is -4.35. The summed E-state index contributed by atoms with van der Waals surface area (Å²) in [7, 11) is 0. The van der Waals surface area contributed by atoms with Crippen molar-refractivity contribution in [1.82, 2.24) is 0 Å². The van der Waals surface area contributed by atoms with Gasteiger partial charge in [0, 0.05) is 23.0 Å². The molecule has 0 radical (unpaired) electrons. The van der Waals surface area contributed by atoms with Crippen molar-refractivity contribution in [2.24, 2.45) is 0 Å². The van der Waals surface area contributed by atoms with E-state index in [2.05, 4.69) is 21.9 Å². The lowest BCUT2D eigenvalue weighted by Crippen LogP contribution is -2.17. The van der Waals surface area contributed by atoms with E-state index in [9.17, 15) is 18.3 Å². The predicted octanol–water partition coefficient (Wildman–Crippen LogP) is 4.55. The van der Waals surface area contributed by atoms with Crippen LogP contribution in [0.3, 0.4) is 0 Å². The molecular formula is C17H17F3N2O2. The van der Waals surface area contributed by atoms with E-state index < -0.39 is 12.6 Å². The Morgan fingerprint density at radius 1 is 1.21 bits per heavy atom. The van der Waals surface area contributed by atoms with Crippen LogP contribution < -0.4 is 15.4 Å². The van der Waals surface area contributed by atoms with E-state index in [0.29, 0.717) is 11.3 Å². The Labute approximate surface area is 137 Å². The number of halogens is 3. The Balaban J connectivity index is 2.14. The number of hydrogen-bond donors (Lipinski definition) is 3. The number of aliphatic hydroxyl groups is 1. The number of alkyl halides is 3. The van der Waals surface area contributed by atoms with E-state index in [-0.39, 0.29) is 5.75 Å². The second-order valence-corrected chi connectivity index (χ2v) is 5.05. The van der Waals surface area contributed by atoms with E-state index in [0.717, 1.165) is 17.3 Å². The largest absolute Gasteiger partial charge is 0.573 e. The normalized spacial score (nSPS) is 12.4. The highest BCUT2D eigenvalue weighted by molar-refractivity contribution is 5.56. The second-order valence-electron chi connectivity index (χ2n) is 5.05. The minimum Gasteiger partial charge on any atom is -0.406 e. The Morgan fingerprint density at radius 2 is 1.96 bits per heavy atom. The van der Waals surface area contributed by atoms with Gasteiger partial charge in [-0.2, -0.15) is 0 Å². The molecule has 1 unspecified atom stereocenters. The minimum atomic E-state index is -4.76. The molecule has 24 heavy (non-hydrogen) atoms. The van der Waals surface area contributed by atoms with Crippen LogP contribution in [0.25, 0.3) is 0 Å². The highest BCUT2D eigenvalue weighted by atomic mass is 19.4. The third kappa shape index (κ3) is 4.92. The molecule has 0 heterocycles. The molecule has 1 atom stereocenters. The van der Waals surface area contributed by atoms with Crippen LogP contribution in [0, 0.1) is 6.92 Å². The molecule has 2 aromatic carbocycles. The van der Waals surface area contributed by atoms with E-state index in [1.165, 1.54) is 24.4 Å². The monoisotopic (exact) mass is 338 g/mol. The van der Waals surface area contributed by atoms with Gasteiger partial charge in [0.1, 0.15) is 5.75 Å². The number of hydrogen-bond acceptors (Lipinski definition) is 4. The molecule has 0 saturated heterocycles. The van der Waals surface area contributed by atoms with Crippen LogP contribution in [-0.4, -0.2) is 11.5 Å². The number of rotatable bonds is 6. The van der Waals surface area contributed by atoms with Crippen molar-refractivity contribution in [3.05, 3.63) is 66.4 Å². The van der Waals surface area contributed by atoms with Crippen LogP contribution in [0.5, 0.6) is 5.75 Å². The fourth-order valence-corrected chi connectivity index (χ4v) is 2.10. The van der Waals surface area contributed by atoms with Gasteiger partial charge in [0.2, 0.25) is 0 Å². The fraction of sp³-hybridized carbons (Fsp3) is 0.176. The maximum atomic E-state index is 12.2. The standard InChI is InChI=1S/C17H17F3N2O2/c1-3-21-15-9-12(8-7-11(15)2)16(23)22-13-5-4-6-14(10-13)24-17(18,19)20/h3-10,16,21-23H,1H2,2H3. The smallest absolute Gasteiger partial charge is 0.406 e. The second kappa shape index (κ2) is 7.27. The maximum Gasteiger partial charge on any atom is 0.573 e. The van der Waals surface area contributed by atoms with Gasteiger partial charge in [-0.25, -0.2) is 0 Å². The summed E-state index contributed by atoms with van der Waals surface area (Å²) in [6, 6.07) is 10.5. The molecule has 0 spiro atoms. The summed E-state index contributed by atoms with van der Waals surface area (Å²) in [5.41, 5.74) is 2.58. The number of nitrogens with one attached hydrogen (secondary N) is 2. The molecule has 128 valence electrons. The van der Waals surface area contributed by atoms with Crippen LogP contribution in [-0.2, 0) is 0 Å². The van der Waals surface area contributed by atoms with Crippen LogP contribution >= 0.6 is 0 Å². The zero-order chi connectivity index (χ0) is 17.7. The molecule has 2 aromatic rings. The van der Waals surface area contributed by atoms with Crippen molar-refractivity contribution in [2.45, 2.75) is 19.5 Å². The van der Waals surface area contributed by atoms with Crippen LogP contribution in [0.15, 0.2) is 55.2 Å².